The number of aliphatic hydroxyl groups is 1. The maximum absolute atomic E-state index is 12.0. The molecule has 0 saturated carbocycles. The first-order valence-corrected chi connectivity index (χ1v) is 4.99. The van der Waals surface area contributed by atoms with Crippen molar-refractivity contribution in [2.45, 2.75) is 19.4 Å². The minimum atomic E-state index is -0.611. The Labute approximate surface area is 94.9 Å². The molecule has 0 aliphatic heterocycles. The maximum atomic E-state index is 12.0. The lowest BCUT2D eigenvalue weighted by Crippen LogP contribution is -2.47. The van der Waals surface area contributed by atoms with Crippen LogP contribution < -0.4 is 5.73 Å². The van der Waals surface area contributed by atoms with Gasteiger partial charge in [-0.2, -0.15) is 0 Å². The number of hydrogen-bond donors (Lipinski definition) is 2. The molecule has 1 aromatic heterocycles. The van der Waals surface area contributed by atoms with Crippen LogP contribution in [0.4, 0.5) is 5.69 Å². The largest absolute Gasteiger partial charge is 0.397 e. The van der Waals surface area contributed by atoms with E-state index in [2.05, 4.69) is 4.98 Å². The molecule has 1 amide bonds. The number of hydrogen-bond acceptors (Lipinski definition) is 4. The first-order chi connectivity index (χ1) is 7.38. The predicted octanol–water partition coefficient (Wildman–Crippen LogP) is 0.507. The highest BCUT2D eigenvalue weighted by Gasteiger charge is 2.27. The van der Waals surface area contributed by atoms with Crippen molar-refractivity contribution >= 4 is 11.6 Å². The zero-order valence-corrected chi connectivity index (χ0v) is 9.77. The molecule has 1 heterocycles. The Kier molecular flexibility index (Phi) is 3.49. The quantitative estimate of drug-likeness (QED) is 0.782. The molecule has 1 rings (SSSR count). The summed E-state index contributed by atoms with van der Waals surface area (Å²) in [5, 5.41) is 9.17. The van der Waals surface area contributed by atoms with Gasteiger partial charge in [0.25, 0.3) is 5.91 Å². The summed E-state index contributed by atoms with van der Waals surface area (Å²) in [5.74, 6) is -0.237. The van der Waals surface area contributed by atoms with Gasteiger partial charge in [0.05, 0.1) is 24.0 Å². The Hall–Kier alpha value is -1.62. The van der Waals surface area contributed by atoms with E-state index in [1.165, 1.54) is 11.1 Å². The molecule has 0 fully saturated rings. The summed E-state index contributed by atoms with van der Waals surface area (Å²) in [4.78, 5) is 17.4. The molecule has 1 aromatic rings. The second kappa shape index (κ2) is 4.49. The molecule has 5 heteroatoms. The third kappa shape index (κ3) is 2.49. The third-order valence-corrected chi connectivity index (χ3v) is 2.61. The van der Waals surface area contributed by atoms with Crippen LogP contribution in [0.15, 0.2) is 18.3 Å². The fourth-order valence-electron chi connectivity index (χ4n) is 1.08. The molecule has 0 aromatic carbocycles. The minimum Gasteiger partial charge on any atom is -0.397 e. The summed E-state index contributed by atoms with van der Waals surface area (Å²) < 4.78 is 0. The Balaban J connectivity index is 2.90. The third-order valence-electron chi connectivity index (χ3n) is 2.61. The molecule has 0 atom stereocenters. The summed E-state index contributed by atoms with van der Waals surface area (Å²) in [7, 11) is 1.64. The van der Waals surface area contributed by atoms with Crippen molar-refractivity contribution < 1.29 is 9.90 Å². The fraction of sp³-hybridized carbons (Fsp3) is 0.455. The van der Waals surface area contributed by atoms with Gasteiger partial charge in [0.15, 0.2) is 0 Å². The summed E-state index contributed by atoms with van der Waals surface area (Å²) >= 11 is 0. The molecule has 0 spiro atoms. The van der Waals surface area contributed by atoms with Crippen LogP contribution in [0.25, 0.3) is 0 Å². The Morgan fingerprint density at radius 1 is 1.56 bits per heavy atom. The van der Waals surface area contributed by atoms with Crippen LogP contribution in [0, 0.1) is 0 Å². The van der Waals surface area contributed by atoms with E-state index in [9.17, 15) is 9.90 Å². The molecule has 0 aliphatic carbocycles. The van der Waals surface area contributed by atoms with Gasteiger partial charge in [-0.1, -0.05) is 0 Å². The van der Waals surface area contributed by atoms with Crippen LogP contribution in [0.5, 0.6) is 0 Å². The van der Waals surface area contributed by atoms with Crippen molar-refractivity contribution in [1.29, 1.82) is 0 Å². The molecule has 16 heavy (non-hydrogen) atoms. The highest BCUT2D eigenvalue weighted by Crippen LogP contribution is 2.14. The van der Waals surface area contributed by atoms with E-state index >= 15 is 0 Å². The standard InChI is InChI=1S/C11H17N3O2/c1-11(2,7-15)14(3)10(16)9-5-4-8(12)6-13-9/h4-6,15H,7,12H2,1-3H3. The lowest BCUT2D eigenvalue weighted by molar-refractivity contribution is 0.0468. The number of rotatable bonds is 3. The SMILES string of the molecule is CN(C(=O)c1ccc(N)cn1)C(C)(C)CO. The lowest BCUT2D eigenvalue weighted by Gasteiger charge is -2.33. The topological polar surface area (TPSA) is 79.5 Å². The van der Waals surface area contributed by atoms with Gasteiger partial charge in [0.1, 0.15) is 5.69 Å². The minimum absolute atomic E-state index is 0.107. The first kappa shape index (κ1) is 12.4. The number of nitrogen functional groups attached to an aromatic ring is 1. The maximum Gasteiger partial charge on any atom is 0.272 e. The van der Waals surface area contributed by atoms with Crippen molar-refractivity contribution in [3.63, 3.8) is 0 Å². The number of carbonyl (C=O) groups is 1. The Bertz CT molecular complexity index is 373. The summed E-state index contributed by atoms with van der Waals surface area (Å²) in [6.45, 7) is 3.45. The molecular weight excluding hydrogens is 206 g/mol. The lowest BCUT2D eigenvalue weighted by atomic mass is 10.0. The van der Waals surface area contributed by atoms with Gasteiger partial charge in [-0.3, -0.25) is 4.79 Å². The van der Waals surface area contributed by atoms with E-state index in [1.54, 1.807) is 33.0 Å². The van der Waals surface area contributed by atoms with E-state index in [0.717, 1.165) is 0 Å². The van der Waals surface area contributed by atoms with Crippen molar-refractivity contribution in [2.75, 3.05) is 19.4 Å². The van der Waals surface area contributed by atoms with Gasteiger partial charge in [-0.15, -0.1) is 0 Å². The number of aliphatic hydroxyl groups excluding tert-OH is 1. The van der Waals surface area contributed by atoms with Crippen LogP contribution in [0.3, 0.4) is 0 Å². The molecule has 0 aliphatic rings. The van der Waals surface area contributed by atoms with Gasteiger partial charge in [-0.25, -0.2) is 4.98 Å². The number of nitrogens with two attached hydrogens (primary N) is 1. The Morgan fingerprint density at radius 3 is 2.62 bits per heavy atom. The highest BCUT2D eigenvalue weighted by molar-refractivity contribution is 5.92. The van der Waals surface area contributed by atoms with Crippen molar-refractivity contribution in [1.82, 2.24) is 9.88 Å². The number of anilines is 1. The molecule has 3 N–H and O–H groups in total. The monoisotopic (exact) mass is 223 g/mol. The highest BCUT2D eigenvalue weighted by atomic mass is 16.3. The number of nitrogens with zero attached hydrogens (tertiary/aromatic N) is 2. The molecule has 5 nitrogen and oxygen atoms in total. The van der Waals surface area contributed by atoms with E-state index in [0.29, 0.717) is 11.4 Å². The van der Waals surface area contributed by atoms with E-state index in [-0.39, 0.29) is 12.5 Å². The summed E-state index contributed by atoms with van der Waals surface area (Å²) in [6.07, 6.45) is 1.44. The molecular formula is C11H17N3O2. The van der Waals surface area contributed by atoms with Crippen LogP contribution >= 0.6 is 0 Å². The van der Waals surface area contributed by atoms with Gasteiger partial charge < -0.3 is 15.7 Å². The van der Waals surface area contributed by atoms with Crippen LogP contribution in [-0.4, -0.2) is 40.1 Å². The number of aromatic nitrogens is 1. The van der Waals surface area contributed by atoms with Gasteiger partial charge >= 0.3 is 0 Å². The second-order valence-corrected chi connectivity index (χ2v) is 4.31. The predicted molar refractivity (Wildman–Crippen MR) is 61.9 cm³/mol. The van der Waals surface area contributed by atoms with Crippen molar-refractivity contribution in [3.05, 3.63) is 24.0 Å². The van der Waals surface area contributed by atoms with E-state index in [4.69, 9.17) is 5.73 Å². The zero-order valence-electron chi connectivity index (χ0n) is 9.77. The second-order valence-electron chi connectivity index (χ2n) is 4.31. The van der Waals surface area contributed by atoms with E-state index < -0.39 is 5.54 Å². The summed E-state index contributed by atoms with van der Waals surface area (Å²) in [6, 6.07) is 3.20. The van der Waals surface area contributed by atoms with Gasteiger partial charge in [-0.05, 0) is 26.0 Å². The number of amides is 1. The molecule has 0 unspecified atom stereocenters. The molecule has 0 saturated heterocycles. The van der Waals surface area contributed by atoms with Crippen LogP contribution in [0.2, 0.25) is 0 Å². The number of carbonyl (C=O) groups excluding carboxylic acids is 1. The number of pyridine rings is 1. The average molecular weight is 223 g/mol. The molecule has 0 bridgehead atoms. The van der Waals surface area contributed by atoms with Crippen LogP contribution in [-0.2, 0) is 0 Å². The molecule has 0 radical (unpaired) electrons. The van der Waals surface area contributed by atoms with Gasteiger partial charge in [0.2, 0.25) is 0 Å². The Morgan fingerprint density at radius 2 is 2.19 bits per heavy atom. The average Bonchev–Trinajstić information content (AvgIpc) is 2.28. The van der Waals surface area contributed by atoms with Gasteiger partial charge in [0, 0.05) is 7.05 Å². The van der Waals surface area contributed by atoms with Crippen molar-refractivity contribution in [2.24, 2.45) is 0 Å². The zero-order chi connectivity index (χ0) is 12.3. The van der Waals surface area contributed by atoms with Crippen LogP contribution in [0.1, 0.15) is 24.3 Å². The van der Waals surface area contributed by atoms with E-state index in [1.807, 2.05) is 0 Å². The normalized spacial score (nSPS) is 11.2. The van der Waals surface area contributed by atoms with Crippen molar-refractivity contribution in [3.8, 4) is 0 Å². The number of likely N-dealkylation sites (N-methyl/N-ethyl adjacent to an activating group) is 1. The fourth-order valence-corrected chi connectivity index (χ4v) is 1.08. The smallest absolute Gasteiger partial charge is 0.272 e. The molecule has 88 valence electrons. The summed E-state index contributed by atoms with van der Waals surface area (Å²) in [5.41, 5.74) is 5.71. The first-order valence-electron chi connectivity index (χ1n) is 4.99.